The molecular formula is C58H37NO2S. The van der Waals surface area contributed by atoms with E-state index in [1.54, 1.807) is 0 Å². The second-order valence-corrected chi connectivity index (χ2v) is 18.6. The van der Waals surface area contributed by atoms with E-state index in [1.165, 1.54) is 86.9 Å². The van der Waals surface area contributed by atoms with Gasteiger partial charge in [0.15, 0.2) is 23.0 Å². The molecule has 62 heavy (non-hydrogen) atoms. The van der Waals surface area contributed by atoms with Gasteiger partial charge in [-0.3, -0.25) is 0 Å². The lowest BCUT2D eigenvalue weighted by molar-refractivity contribution is 0.360. The van der Waals surface area contributed by atoms with Gasteiger partial charge in [-0.05, 0) is 115 Å². The molecule has 9 aromatic carbocycles. The lowest BCUT2D eigenvalue weighted by Gasteiger charge is -2.33. The summed E-state index contributed by atoms with van der Waals surface area (Å²) < 4.78 is 16.8. The lowest BCUT2D eigenvalue weighted by Crippen LogP contribution is -2.26. The minimum absolute atomic E-state index is 0.169. The smallest absolute Gasteiger partial charge is 0.194 e. The Kier molecular flexibility index (Phi) is 6.71. The first-order valence-electron chi connectivity index (χ1n) is 21.4. The van der Waals surface area contributed by atoms with Gasteiger partial charge in [-0.15, -0.1) is 11.3 Å². The van der Waals surface area contributed by atoms with Gasteiger partial charge in [0, 0.05) is 26.6 Å². The SMILES string of the molecule is CC1(C)c2ccccc2-c2ccc(N(c3cccc4c3Oc3cc5c(cc3O4)-c3ccccc3C53c4ccccc4-c4ccccc43)c3cccc4c3sc3ccccc34)cc21. The number of nitrogens with zero attached hydrogens (tertiary/aromatic N) is 1. The van der Waals surface area contributed by atoms with Gasteiger partial charge in [0.1, 0.15) is 0 Å². The zero-order chi connectivity index (χ0) is 40.9. The van der Waals surface area contributed by atoms with E-state index in [2.05, 4.69) is 201 Å². The van der Waals surface area contributed by atoms with Crippen molar-refractivity contribution in [3.05, 3.63) is 221 Å². The van der Waals surface area contributed by atoms with Gasteiger partial charge in [-0.2, -0.15) is 0 Å². The van der Waals surface area contributed by atoms with Crippen LogP contribution in [0.4, 0.5) is 17.1 Å². The molecule has 1 spiro atoms. The fourth-order valence-corrected chi connectivity index (χ4v) is 12.7. The molecular weight excluding hydrogens is 775 g/mol. The molecule has 3 aliphatic carbocycles. The highest BCUT2D eigenvalue weighted by molar-refractivity contribution is 7.26. The van der Waals surface area contributed by atoms with Crippen LogP contribution in [-0.2, 0) is 10.8 Å². The van der Waals surface area contributed by atoms with Gasteiger partial charge in [-0.1, -0.05) is 153 Å². The fraction of sp³-hybridized carbons (Fsp3) is 0.0690. The number of para-hydroxylation sites is 1. The third kappa shape index (κ3) is 4.29. The summed E-state index contributed by atoms with van der Waals surface area (Å²) in [5.41, 5.74) is 17.8. The van der Waals surface area contributed by atoms with Gasteiger partial charge in [-0.25, -0.2) is 0 Å². The van der Waals surface area contributed by atoms with Crippen LogP contribution in [0.1, 0.15) is 47.2 Å². The van der Waals surface area contributed by atoms with E-state index in [0.29, 0.717) is 17.2 Å². The van der Waals surface area contributed by atoms with Crippen molar-refractivity contribution in [3.63, 3.8) is 0 Å². The van der Waals surface area contributed by atoms with Crippen LogP contribution in [0.5, 0.6) is 23.0 Å². The van der Waals surface area contributed by atoms with Crippen LogP contribution >= 0.6 is 11.3 Å². The van der Waals surface area contributed by atoms with Crippen molar-refractivity contribution in [1.29, 1.82) is 0 Å². The minimum atomic E-state index is -0.491. The Bertz CT molecular complexity index is 3550. The predicted molar refractivity (Wildman–Crippen MR) is 254 cm³/mol. The van der Waals surface area contributed by atoms with Crippen LogP contribution in [0.15, 0.2) is 188 Å². The molecule has 0 bridgehead atoms. The highest BCUT2D eigenvalue weighted by Crippen LogP contribution is 2.65. The Morgan fingerprint density at radius 2 is 0.968 bits per heavy atom. The van der Waals surface area contributed by atoms with E-state index in [4.69, 9.17) is 9.47 Å². The van der Waals surface area contributed by atoms with E-state index in [1.807, 2.05) is 17.4 Å². The molecule has 2 heterocycles. The second-order valence-electron chi connectivity index (χ2n) is 17.5. The fourth-order valence-electron chi connectivity index (χ4n) is 11.5. The standard InChI is InChI=1S/C58H37NO2S/c1-57(2)43-21-8-3-15-35(43)39-30-29-34(31-47(39)57)59(50-26-13-20-41-40-19-7-12-28-54(40)62-56(41)50)49-25-14-27-51-55(49)61-53-33-48-42(32-52(53)60-51)38-18-6-11-24-46(38)58(48)44-22-9-4-16-36(44)37-17-5-10-23-45(37)58/h3-33H,1-2H3. The molecule has 292 valence electrons. The zero-order valence-corrected chi connectivity index (χ0v) is 34.9. The summed E-state index contributed by atoms with van der Waals surface area (Å²) in [6.07, 6.45) is 0. The van der Waals surface area contributed by atoms with E-state index in [0.717, 1.165) is 22.8 Å². The van der Waals surface area contributed by atoms with Crippen molar-refractivity contribution in [2.24, 2.45) is 0 Å². The maximum atomic E-state index is 7.33. The number of rotatable bonds is 3. The molecule has 0 N–H and O–H groups in total. The van der Waals surface area contributed by atoms with Crippen LogP contribution in [0, 0.1) is 0 Å². The number of benzene rings is 9. The summed E-state index contributed by atoms with van der Waals surface area (Å²) in [6, 6.07) is 68.8. The highest BCUT2D eigenvalue weighted by Gasteiger charge is 2.52. The van der Waals surface area contributed by atoms with Crippen LogP contribution < -0.4 is 14.4 Å². The molecule has 0 radical (unpaired) electrons. The zero-order valence-electron chi connectivity index (χ0n) is 34.1. The molecule has 3 nitrogen and oxygen atoms in total. The van der Waals surface area contributed by atoms with E-state index in [9.17, 15) is 0 Å². The van der Waals surface area contributed by atoms with E-state index >= 15 is 0 Å². The molecule has 14 rings (SSSR count). The first kappa shape index (κ1) is 34.3. The van der Waals surface area contributed by atoms with Crippen LogP contribution in [0.25, 0.3) is 53.6 Å². The van der Waals surface area contributed by atoms with Crippen LogP contribution in [0.2, 0.25) is 0 Å². The summed E-state index contributed by atoms with van der Waals surface area (Å²) in [4.78, 5) is 2.40. The van der Waals surface area contributed by atoms with Gasteiger partial charge >= 0.3 is 0 Å². The summed E-state index contributed by atoms with van der Waals surface area (Å²) >= 11 is 1.84. The summed E-state index contributed by atoms with van der Waals surface area (Å²) in [5, 5.41) is 2.51. The Labute approximate surface area is 363 Å². The number of fused-ring (bicyclic) bond motifs is 18. The Balaban J connectivity index is 0.987. The molecule has 10 aromatic rings. The molecule has 0 fully saturated rings. The molecule has 1 aromatic heterocycles. The topological polar surface area (TPSA) is 21.7 Å². The summed E-state index contributed by atoms with van der Waals surface area (Å²) in [5.74, 6) is 2.81. The number of hydrogen-bond donors (Lipinski definition) is 0. The first-order valence-corrected chi connectivity index (χ1v) is 22.2. The number of hydrogen-bond acceptors (Lipinski definition) is 4. The Morgan fingerprint density at radius 1 is 0.403 bits per heavy atom. The van der Waals surface area contributed by atoms with Gasteiger partial charge < -0.3 is 14.4 Å². The minimum Gasteiger partial charge on any atom is -0.449 e. The third-order valence-corrected chi connectivity index (χ3v) is 15.4. The first-order chi connectivity index (χ1) is 30.5. The molecule has 4 heteroatoms. The van der Waals surface area contributed by atoms with Gasteiger partial charge in [0.2, 0.25) is 0 Å². The number of anilines is 3. The van der Waals surface area contributed by atoms with Crippen molar-refractivity contribution in [1.82, 2.24) is 0 Å². The summed E-state index contributed by atoms with van der Waals surface area (Å²) in [6.45, 7) is 4.70. The molecule has 1 aliphatic heterocycles. The van der Waals surface area contributed by atoms with Crippen molar-refractivity contribution < 1.29 is 9.47 Å². The van der Waals surface area contributed by atoms with Gasteiger partial charge in [0.05, 0.1) is 21.5 Å². The highest BCUT2D eigenvalue weighted by atomic mass is 32.1. The van der Waals surface area contributed by atoms with E-state index in [-0.39, 0.29) is 5.41 Å². The molecule has 0 saturated heterocycles. The average molecular weight is 812 g/mol. The second kappa shape index (κ2) is 12.1. The quantitative estimate of drug-likeness (QED) is 0.177. The maximum absolute atomic E-state index is 7.33. The molecule has 0 unspecified atom stereocenters. The monoisotopic (exact) mass is 811 g/mol. The van der Waals surface area contributed by atoms with E-state index < -0.39 is 5.41 Å². The number of ether oxygens (including phenoxy) is 2. The van der Waals surface area contributed by atoms with Crippen molar-refractivity contribution in [2.45, 2.75) is 24.7 Å². The normalized spacial score (nSPS) is 14.8. The molecule has 0 saturated carbocycles. The van der Waals surface area contributed by atoms with Crippen molar-refractivity contribution in [2.75, 3.05) is 4.90 Å². The lowest BCUT2D eigenvalue weighted by atomic mass is 9.70. The predicted octanol–water partition coefficient (Wildman–Crippen LogP) is 16.1. The number of thiophene rings is 1. The Hall–Kier alpha value is -7.40. The van der Waals surface area contributed by atoms with Crippen LogP contribution in [0.3, 0.4) is 0 Å². The van der Waals surface area contributed by atoms with Gasteiger partial charge in [0.25, 0.3) is 0 Å². The van der Waals surface area contributed by atoms with Crippen molar-refractivity contribution >= 4 is 48.6 Å². The Morgan fingerprint density at radius 3 is 1.71 bits per heavy atom. The average Bonchev–Trinajstić information content (AvgIpc) is 4.00. The summed E-state index contributed by atoms with van der Waals surface area (Å²) in [7, 11) is 0. The molecule has 4 aliphatic rings. The largest absolute Gasteiger partial charge is 0.449 e. The third-order valence-electron chi connectivity index (χ3n) is 14.1. The van der Waals surface area contributed by atoms with Crippen LogP contribution in [-0.4, -0.2) is 0 Å². The molecule has 0 atom stereocenters. The van der Waals surface area contributed by atoms with Crippen molar-refractivity contribution in [3.8, 4) is 56.4 Å². The molecule has 0 amide bonds. The maximum Gasteiger partial charge on any atom is 0.194 e.